The molecule has 0 aliphatic heterocycles. The Morgan fingerprint density at radius 3 is 2.89 bits per heavy atom. The Hall–Kier alpha value is -2.31. The Bertz CT molecular complexity index is 585. The highest BCUT2D eigenvalue weighted by Crippen LogP contribution is 2.14. The molecule has 7 nitrogen and oxygen atoms in total. The molecule has 0 aliphatic carbocycles. The average molecular weight is 263 g/mol. The largest absolute Gasteiger partial charge is 0.464 e. The lowest BCUT2D eigenvalue weighted by molar-refractivity contribution is 0.0589. The highest BCUT2D eigenvalue weighted by Gasteiger charge is 2.16. The van der Waals surface area contributed by atoms with Crippen molar-refractivity contribution in [3.63, 3.8) is 0 Å². The van der Waals surface area contributed by atoms with Gasteiger partial charge >= 0.3 is 5.97 Å². The second-order valence-electron chi connectivity index (χ2n) is 4.49. The molecule has 7 heteroatoms. The van der Waals surface area contributed by atoms with Gasteiger partial charge in [0, 0.05) is 12.2 Å². The number of nitrogens with two attached hydrogens (primary N) is 1. The van der Waals surface area contributed by atoms with Gasteiger partial charge in [-0.05, 0) is 19.9 Å². The highest BCUT2D eigenvalue weighted by molar-refractivity contribution is 5.89. The molecule has 0 saturated carbocycles. The van der Waals surface area contributed by atoms with Gasteiger partial charge in [-0.25, -0.2) is 14.5 Å². The second kappa shape index (κ2) is 5.13. The highest BCUT2D eigenvalue weighted by atomic mass is 16.5. The van der Waals surface area contributed by atoms with Gasteiger partial charge in [0.25, 0.3) is 0 Å². The summed E-state index contributed by atoms with van der Waals surface area (Å²) in [4.78, 5) is 15.9. The van der Waals surface area contributed by atoms with E-state index in [1.165, 1.54) is 13.4 Å². The third kappa shape index (κ3) is 2.59. The lowest BCUT2D eigenvalue weighted by atomic mass is 10.4. The quantitative estimate of drug-likeness (QED) is 0.834. The fourth-order valence-electron chi connectivity index (χ4n) is 1.91. The zero-order valence-corrected chi connectivity index (χ0v) is 11.2. The van der Waals surface area contributed by atoms with Gasteiger partial charge in [-0.1, -0.05) is 0 Å². The minimum absolute atomic E-state index is 0.201. The molecule has 0 saturated heterocycles. The second-order valence-corrected chi connectivity index (χ2v) is 4.49. The van der Waals surface area contributed by atoms with E-state index in [1.807, 2.05) is 13.8 Å². The number of carbonyl (C=O) groups excluding carboxylic acids is 1. The summed E-state index contributed by atoms with van der Waals surface area (Å²) in [6, 6.07) is 1.79. The molecular weight excluding hydrogens is 246 g/mol. The molecule has 0 amide bonds. The lowest BCUT2D eigenvalue weighted by Gasteiger charge is -2.11. The van der Waals surface area contributed by atoms with Crippen LogP contribution in [0.3, 0.4) is 0 Å². The molecule has 0 atom stereocenters. The van der Waals surface area contributed by atoms with E-state index in [-0.39, 0.29) is 6.04 Å². The summed E-state index contributed by atoms with van der Waals surface area (Å²) in [6.07, 6.45) is 3.19. The maximum atomic E-state index is 11.7. The lowest BCUT2D eigenvalue weighted by Crippen LogP contribution is -2.15. The first-order chi connectivity index (χ1) is 9.02. The molecule has 19 heavy (non-hydrogen) atoms. The number of hydrogen-bond acceptors (Lipinski definition) is 5. The molecule has 0 fully saturated rings. The van der Waals surface area contributed by atoms with Crippen LogP contribution in [0.2, 0.25) is 0 Å². The zero-order chi connectivity index (χ0) is 14.0. The molecule has 0 unspecified atom stereocenters. The average Bonchev–Trinajstić information content (AvgIpc) is 2.95. The number of carbonyl (C=O) groups is 1. The van der Waals surface area contributed by atoms with Gasteiger partial charge in [0.2, 0.25) is 0 Å². The first-order valence-electron chi connectivity index (χ1n) is 5.95. The fraction of sp³-hybridized carbons (Fsp3) is 0.417. The van der Waals surface area contributed by atoms with Crippen molar-refractivity contribution in [1.29, 1.82) is 0 Å². The number of nitrogens with zero attached hydrogens (tertiary/aromatic N) is 4. The molecule has 2 N–H and O–H groups in total. The minimum Gasteiger partial charge on any atom is -0.464 e. The van der Waals surface area contributed by atoms with Gasteiger partial charge in [-0.3, -0.25) is 0 Å². The van der Waals surface area contributed by atoms with Crippen molar-refractivity contribution in [3.8, 4) is 0 Å². The summed E-state index contributed by atoms with van der Waals surface area (Å²) >= 11 is 0. The van der Waals surface area contributed by atoms with E-state index < -0.39 is 5.97 Å². The van der Waals surface area contributed by atoms with Crippen LogP contribution in [0.4, 0.5) is 5.69 Å². The SMILES string of the molecule is COC(=O)c1cc(N)cn1Cc1ncnn1C(C)C. The smallest absolute Gasteiger partial charge is 0.354 e. The molecular formula is C12H17N5O2. The summed E-state index contributed by atoms with van der Waals surface area (Å²) in [6.45, 7) is 4.45. The van der Waals surface area contributed by atoms with Crippen molar-refractivity contribution in [2.45, 2.75) is 26.4 Å². The fourth-order valence-corrected chi connectivity index (χ4v) is 1.91. The Balaban J connectivity index is 2.33. The first-order valence-corrected chi connectivity index (χ1v) is 5.95. The normalized spacial score (nSPS) is 10.9. The monoisotopic (exact) mass is 263 g/mol. The summed E-state index contributed by atoms with van der Waals surface area (Å²) in [5.74, 6) is 0.336. The number of esters is 1. The Labute approximate surface area is 111 Å². The number of ether oxygens (including phenoxy) is 1. The molecule has 0 aromatic carbocycles. The Morgan fingerprint density at radius 2 is 2.26 bits per heavy atom. The van der Waals surface area contributed by atoms with E-state index in [0.29, 0.717) is 17.9 Å². The van der Waals surface area contributed by atoms with Gasteiger partial charge < -0.3 is 15.0 Å². The van der Waals surface area contributed by atoms with Gasteiger partial charge in [-0.15, -0.1) is 0 Å². The zero-order valence-electron chi connectivity index (χ0n) is 11.2. The Kier molecular flexibility index (Phi) is 3.55. The standard InChI is InChI=1S/C12H17N5O2/c1-8(2)17-11(14-7-15-17)6-16-5-9(13)4-10(16)12(18)19-3/h4-5,7-8H,6,13H2,1-3H3. The minimum atomic E-state index is -0.424. The summed E-state index contributed by atoms with van der Waals surface area (Å²) in [7, 11) is 1.34. The maximum Gasteiger partial charge on any atom is 0.354 e. The van der Waals surface area contributed by atoms with Crippen LogP contribution < -0.4 is 5.73 Å². The van der Waals surface area contributed by atoms with E-state index in [2.05, 4.69) is 10.1 Å². The maximum absolute atomic E-state index is 11.7. The topological polar surface area (TPSA) is 88.0 Å². The van der Waals surface area contributed by atoms with Crippen LogP contribution in [0.25, 0.3) is 0 Å². The van der Waals surface area contributed by atoms with Gasteiger partial charge in [0.15, 0.2) is 0 Å². The first kappa shape index (κ1) is 13.1. The molecule has 0 aliphatic rings. The van der Waals surface area contributed by atoms with Crippen LogP contribution in [0.15, 0.2) is 18.6 Å². The molecule has 0 radical (unpaired) electrons. The molecule has 2 heterocycles. The predicted molar refractivity (Wildman–Crippen MR) is 69.7 cm³/mol. The molecule has 0 bridgehead atoms. The van der Waals surface area contributed by atoms with Crippen LogP contribution >= 0.6 is 0 Å². The van der Waals surface area contributed by atoms with Crippen LogP contribution in [0, 0.1) is 0 Å². The number of methoxy groups -OCH3 is 1. The van der Waals surface area contributed by atoms with Crippen LogP contribution in [0.1, 0.15) is 36.2 Å². The van der Waals surface area contributed by atoms with Gasteiger partial charge in [-0.2, -0.15) is 5.10 Å². The van der Waals surface area contributed by atoms with E-state index in [4.69, 9.17) is 10.5 Å². The molecule has 102 valence electrons. The number of anilines is 1. The predicted octanol–water partition coefficient (Wildman–Crippen LogP) is 1.08. The van der Waals surface area contributed by atoms with E-state index in [0.717, 1.165) is 5.82 Å². The van der Waals surface area contributed by atoms with Crippen molar-refractivity contribution in [1.82, 2.24) is 19.3 Å². The van der Waals surface area contributed by atoms with Crippen molar-refractivity contribution in [3.05, 3.63) is 30.1 Å². The van der Waals surface area contributed by atoms with Crippen molar-refractivity contribution < 1.29 is 9.53 Å². The summed E-state index contributed by atoms with van der Waals surface area (Å²) < 4.78 is 8.24. The summed E-state index contributed by atoms with van der Waals surface area (Å²) in [5, 5.41) is 4.16. The molecule has 2 rings (SSSR count). The number of nitrogen functional groups attached to an aromatic ring is 1. The van der Waals surface area contributed by atoms with Gasteiger partial charge in [0.1, 0.15) is 17.8 Å². The van der Waals surface area contributed by atoms with Crippen LogP contribution in [-0.4, -0.2) is 32.4 Å². The number of rotatable bonds is 4. The summed E-state index contributed by atoms with van der Waals surface area (Å²) in [5.41, 5.74) is 6.64. The van der Waals surface area contributed by atoms with Gasteiger partial charge in [0.05, 0.1) is 19.3 Å². The number of hydrogen-bond donors (Lipinski definition) is 1. The third-order valence-electron chi connectivity index (χ3n) is 2.76. The Morgan fingerprint density at radius 1 is 1.53 bits per heavy atom. The van der Waals surface area contributed by atoms with E-state index >= 15 is 0 Å². The van der Waals surface area contributed by atoms with Crippen LogP contribution in [0.5, 0.6) is 0 Å². The molecule has 2 aromatic heterocycles. The number of aromatic nitrogens is 4. The molecule has 2 aromatic rings. The van der Waals surface area contributed by atoms with Crippen molar-refractivity contribution in [2.75, 3.05) is 12.8 Å². The van der Waals surface area contributed by atoms with Crippen molar-refractivity contribution >= 4 is 11.7 Å². The van der Waals surface area contributed by atoms with Crippen LogP contribution in [-0.2, 0) is 11.3 Å². The van der Waals surface area contributed by atoms with Crippen molar-refractivity contribution in [2.24, 2.45) is 0 Å². The van der Waals surface area contributed by atoms with E-state index in [1.54, 1.807) is 21.5 Å². The third-order valence-corrected chi connectivity index (χ3v) is 2.76. The van der Waals surface area contributed by atoms with E-state index in [9.17, 15) is 4.79 Å². The molecule has 0 spiro atoms.